The van der Waals surface area contributed by atoms with Crippen molar-refractivity contribution in [3.8, 4) is 11.6 Å². The van der Waals surface area contributed by atoms with Crippen LogP contribution >= 0.6 is 0 Å². The van der Waals surface area contributed by atoms with Gasteiger partial charge in [-0.2, -0.15) is 0 Å². The van der Waals surface area contributed by atoms with Gasteiger partial charge in [0, 0.05) is 6.42 Å². The summed E-state index contributed by atoms with van der Waals surface area (Å²) in [4.78, 5) is 11.4. The first-order valence-electron chi connectivity index (χ1n) is 6.14. The van der Waals surface area contributed by atoms with Crippen molar-refractivity contribution in [3.63, 3.8) is 0 Å². The molecule has 0 aliphatic heterocycles. The minimum Gasteiger partial charge on any atom is -0.479 e. The molecule has 2 aromatic rings. The molecular formula is C12H16N4O3. The standard InChI is InChI=1S/C12H16N4O3/c1-4-8-6-7-9(19-8)10-13-14-15-16(10)12(3,5-2)11(17)18/h6-7H,4-5H2,1-3H3,(H,17,18). The summed E-state index contributed by atoms with van der Waals surface area (Å²) in [6.45, 7) is 5.33. The fourth-order valence-electron chi connectivity index (χ4n) is 1.75. The second-order valence-corrected chi connectivity index (χ2v) is 4.47. The topological polar surface area (TPSA) is 94.0 Å². The lowest BCUT2D eigenvalue weighted by atomic mass is 9.99. The molecule has 2 aromatic heterocycles. The zero-order valence-electron chi connectivity index (χ0n) is 11.1. The second kappa shape index (κ2) is 4.83. The predicted molar refractivity (Wildman–Crippen MR) is 66.5 cm³/mol. The second-order valence-electron chi connectivity index (χ2n) is 4.47. The molecule has 0 radical (unpaired) electrons. The highest BCUT2D eigenvalue weighted by molar-refractivity contribution is 5.76. The lowest BCUT2D eigenvalue weighted by molar-refractivity contribution is -0.147. The van der Waals surface area contributed by atoms with Crippen molar-refractivity contribution < 1.29 is 14.3 Å². The molecule has 7 heteroatoms. The molecule has 0 fully saturated rings. The number of hydrogen-bond acceptors (Lipinski definition) is 5. The van der Waals surface area contributed by atoms with Crippen LogP contribution in [0.3, 0.4) is 0 Å². The van der Waals surface area contributed by atoms with Gasteiger partial charge in [0.25, 0.3) is 0 Å². The smallest absolute Gasteiger partial charge is 0.331 e. The van der Waals surface area contributed by atoms with E-state index in [4.69, 9.17) is 4.42 Å². The number of tetrazole rings is 1. The lowest BCUT2D eigenvalue weighted by Crippen LogP contribution is -2.39. The van der Waals surface area contributed by atoms with Gasteiger partial charge in [0.15, 0.2) is 11.3 Å². The summed E-state index contributed by atoms with van der Waals surface area (Å²) in [6.07, 6.45) is 1.12. The zero-order valence-corrected chi connectivity index (χ0v) is 11.1. The molecule has 0 bridgehead atoms. The van der Waals surface area contributed by atoms with Crippen LogP contribution in [-0.2, 0) is 16.8 Å². The van der Waals surface area contributed by atoms with Crippen molar-refractivity contribution in [2.45, 2.75) is 39.2 Å². The van der Waals surface area contributed by atoms with Crippen LogP contribution in [0.4, 0.5) is 0 Å². The van der Waals surface area contributed by atoms with E-state index in [2.05, 4.69) is 15.5 Å². The summed E-state index contributed by atoms with van der Waals surface area (Å²) in [7, 11) is 0. The first-order chi connectivity index (χ1) is 9.02. The van der Waals surface area contributed by atoms with Gasteiger partial charge in [-0.25, -0.2) is 9.48 Å². The Morgan fingerprint density at radius 1 is 1.47 bits per heavy atom. The summed E-state index contributed by atoms with van der Waals surface area (Å²) in [5.41, 5.74) is -1.20. The Kier molecular flexibility index (Phi) is 3.37. The van der Waals surface area contributed by atoms with E-state index in [1.54, 1.807) is 19.9 Å². The molecule has 19 heavy (non-hydrogen) atoms. The molecule has 7 nitrogen and oxygen atoms in total. The van der Waals surface area contributed by atoms with E-state index in [1.165, 1.54) is 4.68 Å². The number of nitrogens with zero attached hydrogens (tertiary/aromatic N) is 4. The molecule has 0 saturated carbocycles. The Hall–Kier alpha value is -2.18. The number of rotatable bonds is 5. The minimum absolute atomic E-state index is 0.325. The van der Waals surface area contributed by atoms with E-state index < -0.39 is 11.5 Å². The van der Waals surface area contributed by atoms with Crippen LogP contribution in [-0.4, -0.2) is 31.3 Å². The molecule has 0 spiro atoms. The summed E-state index contributed by atoms with van der Waals surface area (Å²) in [5, 5.41) is 20.6. The zero-order chi connectivity index (χ0) is 14.0. The number of carbonyl (C=O) groups is 1. The largest absolute Gasteiger partial charge is 0.479 e. The van der Waals surface area contributed by atoms with Crippen LogP contribution in [0, 0.1) is 0 Å². The first-order valence-corrected chi connectivity index (χ1v) is 6.14. The number of furan rings is 1. The highest BCUT2D eigenvalue weighted by Crippen LogP contribution is 2.27. The van der Waals surface area contributed by atoms with E-state index >= 15 is 0 Å². The van der Waals surface area contributed by atoms with Crippen LogP contribution in [0.15, 0.2) is 16.5 Å². The monoisotopic (exact) mass is 264 g/mol. The molecule has 2 rings (SSSR count). The van der Waals surface area contributed by atoms with Crippen molar-refractivity contribution in [1.29, 1.82) is 0 Å². The third-order valence-corrected chi connectivity index (χ3v) is 3.32. The van der Waals surface area contributed by atoms with Crippen LogP contribution in [0.25, 0.3) is 11.6 Å². The van der Waals surface area contributed by atoms with Crippen LogP contribution in [0.5, 0.6) is 0 Å². The summed E-state index contributed by atoms with van der Waals surface area (Å²) >= 11 is 0. The van der Waals surface area contributed by atoms with Crippen LogP contribution in [0.1, 0.15) is 33.0 Å². The average Bonchev–Trinajstić information content (AvgIpc) is 3.05. The van der Waals surface area contributed by atoms with Crippen molar-refractivity contribution in [3.05, 3.63) is 17.9 Å². The Labute approximate surface area is 110 Å². The number of hydrogen-bond donors (Lipinski definition) is 1. The summed E-state index contributed by atoms with van der Waals surface area (Å²) < 4.78 is 6.88. The van der Waals surface area contributed by atoms with E-state index in [1.807, 2.05) is 13.0 Å². The molecule has 1 atom stereocenters. The lowest BCUT2D eigenvalue weighted by Gasteiger charge is -2.23. The molecule has 0 aromatic carbocycles. The maximum atomic E-state index is 11.4. The van der Waals surface area contributed by atoms with Gasteiger partial charge in [-0.1, -0.05) is 13.8 Å². The first kappa shape index (κ1) is 13.3. The maximum absolute atomic E-state index is 11.4. The van der Waals surface area contributed by atoms with E-state index in [0.29, 0.717) is 18.0 Å². The number of aliphatic carboxylic acids is 1. The van der Waals surface area contributed by atoms with E-state index in [-0.39, 0.29) is 0 Å². The Morgan fingerprint density at radius 2 is 2.21 bits per heavy atom. The number of carboxylic acids is 1. The van der Waals surface area contributed by atoms with Crippen molar-refractivity contribution in [2.24, 2.45) is 0 Å². The number of aromatic nitrogens is 4. The molecule has 0 saturated heterocycles. The molecule has 2 heterocycles. The van der Waals surface area contributed by atoms with Crippen LogP contribution < -0.4 is 0 Å². The maximum Gasteiger partial charge on any atom is 0.331 e. The van der Waals surface area contributed by atoms with Crippen molar-refractivity contribution in [2.75, 3.05) is 0 Å². The Balaban J connectivity index is 2.50. The third-order valence-electron chi connectivity index (χ3n) is 3.32. The summed E-state index contributed by atoms with van der Waals surface area (Å²) in [5.74, 6) is 0.623. The molecule has 0 amide bonds. The Bertz CT molecular complexity index is 589. The van der Waals surface area contributed by atoms with Gasteiger partial charge in [-0.15, -0.1) is 5.10 Å². The highest BCUT2D eigenvalue weighted by Gasteiger charge is 2.37. The fraction of sp³-hybridized carbons (Fsp3) is 0.500. The van der Waals surface area contributed by atoms with Gasteiger partial charge in [-0.05, 0) is 35.9 Å². The number of carboxylic acid groups (broad SMARTS) is 1. The van der Waals surface area contributed by atoms with Gasteiger partial charge < -0.3 is 9.52 Å². The Morgan fingerprint density at radius 3 is 2.74 bits per heavy atom. The molecule has 102 valence electrons. The predicted octanol–water partition coefficient (Wildman–Crippen LogP) is 1.71. The molecule has 0 aliphatic rings. The molecule has 1 N–H and O–H groups in total. The van der Waals surface area contributed by atoms with Crippen molar-refractivity contribution in [1.82, 2.24) is 20.2 Å². The van der Waals surface area contributed by atoms with E-state index in [0.717, 1.165) is 12.2 Å². The molecule has 0 aliphatic carbocycles. The third kappa shape index (κ3) is 2.11. The minimum atomic E-state index is -1.20. The highest BCUT2D eigenvalue weighted by atomic mass is 16.4. The van der Waals surface area contributed by atoms with Crippen LogP contribution in [0.2, 0.25) is 0 Å². The van der Waals surface area contributed by atoms with Crippen molar-refractivity contribution >= 4 is 5.97 Å². The van der Waals surface area contributed by atoms with Gasteiger partial charge in [-0.3, -0.25) is 0 Å². The van der Waals surface area contributed by atoms with Gasteiger partial charge >= 0.3 is 5.97 Å². The van der Waals surface area contributed by atoms with E-state index in [9.17, 15) is 9.90 Å². The summed E-state index contributed by atoms with van der Waals surface area (Å²) in [6, 6.07) is 3.58. The quantitative estimate of drug-likeness (QED) is 0.883. The van der Waals surface area contributed by atoms with Gasteiger partial charge in [0.05, 0.1) is 0 Å². The normalized spacial score (nSPS) is 14.3. The number of aryl methyl sites for hydroxylation is 1. The van der Waals surface area contributed by atoms with Gasteiger partial charge in [0.1, 0.15) is 5.76 Å². The van der Waals surface area contributed by atoms with Gasteiger partial charge in [0.2, 0.25) is 5.82 Å². The average molecular weight is 264 g/mol. The molecular weight excluding hydrogens is 248 g/mol. The fourth-order valence-corrected chi connectivity index (χ4v) is 1.75. The SMILES string of the molecule is CCc1ccc(-c2nnnn2C(C)(CC)C(=O)O)o1. The molecule has 1 unspecified atom stereocenters.